The zero-order valence-electron chi connectivity index (χ0n) is 10.8. The molecule has 92 valence electrons. The first-order chi connectivity index (χ1) is 7.25. The minimum atomic E-state index is -1.11. The standard InChI is InChI=1S/C12H21NO3/c1-6-15-10(14)12(5,9-13)7-8-16-11(2,3)4/h6-8H2,1-5H3. The summed E-state index contributed by atoms with van der Waals surface area (Å²) in [7, 11) is 0. The molecule has 4 nitrogen and oxygen atoms in total. The van der Waals surface area contributed by atoms with Crippen molar-refractivity contribution in [3.05, 3.63) is 0 Å². The summed E-state index contributed by atoms with van der Waals surface area (Å²) in [6, 6.07) is 1.99. The molecule has 0 saturated carbocycles. The highest BCUT2D eigenvalue weighted by Crippen LogP contribution is 2.23. The summed E-state index contributed by atoms with van der Waals surface area (Å²) in [6.45, 7) is 9.75. The number of nitrogens with zero attached hydrogens (tertiary/aromatic N) is 1. The summed E-state index contributed by atoms with van der Waals surface area (Å²) in [5.74, 6) is -0.477. The molecule has 4 heteroatoms. The average Bonchev–Trinajstić information content (AvgIpc) is 2.15. The van der Waals surface area contributed by atoms with Gasteiger partial charge in [-0.05, 0) is 41.0 Å². The second kappa shape index (κ2) is 5.86. The predicted octanol–water partition coefficient (Wildman–Crippen LogP) is 2.28. The Labute approximate surface area is 97.5 Å². The maximum absolute atomic E-state index is 11.6. The van der Waals surface area contributed by atoms with E-state index in [4.69, 9.17) is 14.7 Å². The van der Waals surface area contributed by atoms with Crippen LogP contribution in [0, 0.1) is 16.7 Å². The number of hydrogen-bond donors (Lipinski definition) is 0. The van der Waals surface area contributed by atoms with Crippen LogP contribution in [0.1, 0.15) is 41.0 Å². The Balaban J connectivity index is 4.29. The van der Waals surface area contributed by atoms with Crippen LogP contribution in [0.2, 0.25) is 0 Å². The van der Waals surface area contributed by atoms with Crippen molar-refractivity contribution >= 4 is 5.97 Å². The van der Waals surface area contributed by atoms with E-state index in [1.54, 1.807) is 13.8 Å². The molecule has 0 amide bonds. The van der Waals surface area contributed by atoms with E-state index < -0.39 is 11.4 Å². The molecular weight excluding hydrogens is 206 g/mol. The molecule has 0 spiro atoms. The first-order valence-electron chi connectivity index (χ1n) is 5.47. The van der Waals surface area contributed by atoms with E-state index in [9.17, 15) is 4.79 Å². The molecule has 0 bridgehead atoms. The molecule has 0 aliphatic carbocycles. The third kappa shape index (κ3) is 5.13. The fraction of sp³-hybridized carbons (Fsp3) is 0.833. The summed E-state index contributed by atoms with van der Waals surface area (Å²) in [5, 5.41) is 9.01. The normalized spacial score (nSPS) is 15.0. The molecular formula is C12H21NO3. The maximum Gasteiger partial charge on any atom is 0.326 e. The first kappa shape index (κ1) is 14.9. The number of carbonyl (C=O) groups is 1. The van der Waals surface area contributed by atoms with Gasteiger partial charge in [-0.15, -0.1) is 0 Å². The number of ether oxygens (including phenoxy) is 2. The van der Waals surface area contributed by atoms with E-state index in [-0.39, 0.29) is 12.2 Å². The zero-order valence-corrected chi connectivity index (χ0v) is 10.8. The number of hydrogen-bond acceptors (Lipinski definition) is 4. The van der Waals surface area contributed by atoms with Gasteiger partial charge < -0.3 is 9.47 Å². The van der Waals surface area contributed by atoms with Crippen LogP contribution in [0.15, 0.2) is 0 Å². The largest absolute Gasteiger partial charge is 0.465 e. The van der Waals surface area contributed by atoms with Crippen molar-refractivity contribution in [2.75, 3.05) is 13.2 Å². The number of esters is 1. The predicted molar refractivity (Wildman–Crippen MR) is 60.7 cm³/mol. The lowest BCUT2D eigenvalue weighted by Crippen LogP contribution is -2.31. The molecule has 0 radical (unpaired) electrons. The SMILES string of the molecule is CCOC(=O)C(C)(C#N)CCOC(C)(C)C. The van der Waals surface area contributed by atoms with Crippen molar-refractivity contribution in [2.45, 2.75) is 46.6 Å². The van der Waals surface area contributed by atoms with E-state index in [1.807, 2.05) is 26.8 Å². The van der Waals surface area contributed by atoms with E-state index in [0.29, 0.717) is 13.0 Å². The van der Waals surface area contributed by atoms with Crippen molar-refractivity contribution in [1.82, 2.24) is 0 Å². The Morgan fingerprint density at radius 3 is 2.25 bits per heavy atom. The number of nitriles is 1. The smallest absolute Gasteiger partial charge is 0.326 e. The van der Waals surface area contributed by atoms with Gasteiger partial charge >= 0.3 is 5.97 Å². The highest BCUT2D eigenvalue weighted by molar-refractivity contribution is 5.79. The summed E-state index contributed by atoms with van der Waals surface area (Å²) in [5.41, 5.74) is -1.37. The summed E-state index contributed by atoms with van der Waals surface area (Å²) in [4.78, 5) is 11.6. The summed E-state index contributed by atoms with van der Waals surface area (Å²) < 4.78 is 10.4. The molecule has 1 atom stereocenters. The molecule has 0 rings (SSSR count). The van der Waals surface area contributed by atoms with E-state index in [2.05, 4.69) is 0 Å². The van der Waals surface area contributed by atoms with Crippen LogP contribution in [-0.2, 0) is 14.3 Å². The van der Waals surface area contributed by atoms with Crippen molar-refractivity contribution in [3.8, 4) is 6.07 Å². The van der Waals surface area contributed by atoms with Crippen LogP contribution in [0.25, 0.3) is 0 Å². The topological polar surface area (TPSA) is 59.3 Å². The van der Waals surface area contributed by atoms with Crippen molar-refractivity contribution < 1.29 is 14.3 Å². The van der Waals surface area contributed by atoms with E-state index >= 15 is 0 Å². The van der Waals surface area contributed by atoms with Gasteiger partial charge in [-0.2, -0.15) is 5.26 Å². The van der Waals surface area contributed by atoms with Crippen molar-refractivity contribution in [3.63, 3.8) is 0 Å². The molecule has 0 aromatic heterocycles. The van der Waals surface area contributed by atoms with Gasteiger partial charge in [-0.1, -0.05) is 0 Å². The third-order valence-corrected chi connectivity index (χ3v) is 2.11. The zero-order chi connectivity index (χ0) is 12.8. The van der Waals surface area contributed by atoms with Gasteiger partial charge in [0, 0.05) is 6.61 Å². The third-order valence-electron chi connectivity index (χ3n) is 2.11. The second-order valence-corrected chi connectivity index (χ2v) is 4.88. The lowest BCUT2D eigenvalue weighted by atomic mass is 9.89. The minimum Gasteiger partial charge on any atom is -0.465 e. The van der Waals surface area contributed by atoms with Crippen LogP contribution < -0.4 is 0 Å². The average molecular weight is 227 g/mol. The van der Waals surface area contributed by atoms with Gasteiger partial charge in [0.15, 0.2) is 5.41 Å². The second-order valence-electron chi connectivity index (χ2n) is 4.88. The van der Waals surface area contributed by atoms with Gasteiger partial charge in [0.1, 0.15) is 0 Å². The van der Waals surface area contributed by atoms with Crippen molar-refractivity contribution in [1.29, 1.82) is 5.26 Å². The Morgan fingerprint density at radius 2 is 1.88 bits per heavy atom. The number of carbonyl (C=O) groups excluding carboxylic acids is 1. The van der Waals surface area contributed by atoms with Crippen LogP contribution in [0.3, 0.4) is 0 Å². The maximum atomic E-state index is 11.6. The first-order valence-corrected chi connectivity index (χ1v) is 5.47. The van der Waals surface area contributed by atoms with Gasteiger partial charge in [0.05, 0.1) is 18.3 Å². The Kier molecular flexibility index (Phi) is 5.46. The fourth-order valence-corrected chi connectivity index (χ4v) is 1.06. The van der Waals surface area contributed by atoms with Gasteiger partial charge in [-0.3, -0.25) is 4.79 Å². The van der Waals surface area contributed by atoms with Crippen LogP contribution >= 0.6 is 0 Å². The quantitative estimate of drug-likeness (QED) is 0.676. The highest BCUT2D eigenvalue weighted by Gasteiger charge is 2.35. The van der Waals surface area contributed by atoms with Gasteiger partial charge in [-0.25, -0.2) is 0 Å². The van der Waals surface area contributed by atoms with E-state index in [1.165, 1.54) is 0 Å². The monoisotopic (exact) mass is 227 g/mol. The fourth-order valence-electron chi connectivity index (χ4n) is 1.06. The molecule has 0 saturated heterocycles. The van der Waals surface area contributed by atoms with Crippen LogP contribution in [-0.4, -0.2) is 24.8 Å². The van der Waals surface area contributed by atoms with Gasteiger partial charge in [0.2, 0.25) is 0 Å². The molecule has 0 heterocycles. The van der Waals surface area contributed by atoms with Gasteiger partial charge in [0.25, 0.3) is 0 Å². The molecule has 0 aliphatic rings. The van der Waals surface area contributed by atoms with Crippen molar-refractivity contribution in [2.24, 2.45) is 5.41 Å². The van der Waals surface area contributed by atoms with Crippen LogP contribution in [0.5, 0.6) is 0 Å². The number of rotatable bonds is 5. The molecule has 0 N–H and O–H groups in total. The highest BCUT2D eigenvalue weighted by atomic mass is 16.5. The summed E-state index contributed by atoms with van der Waals surface area (Å²) in [6.07, 6.45) is 0.347. The molecule has 0 fully saturated rings. The Morgan fingerprint density at radius 1 is 1.31 bits per heavy atom. The lowest BCUT2D eigenvalue weighted by molar-refractivity contribution is -0.152. The molecule has 16 heavy (non-hydrogen) atoms. The molecule has 0 aromatic rings. The minimum absolute atomic E-state index is 0.259. The Hall–Kier alpha value is -1.08. The van der Waals surface area contributed by atoms with Crippen LogP contribution in [0.4, 0.5) is 0 Å². The summed E-state index contributed by atoms with van der Waals surface area (Å²) >= 11 is 0. The molecule has 1 unspecified atom stereocenters. The molecule has 0 aromatic carbocycles. The lowest BCUT2D eigenvalue weighted by Gasteiger charge is -2.23. The van der Waals surface area contributed by atoms with E-state index in [0.717, 1.165) is 0 Å². The Bertz CT molecular complexity index is 275. The molecule has 0 aliphatic heterocycles.